The van der Waals surface area contributed by atoms with Crippen molar-refractivity contribution in [2.24, 2.45) is 0 Å². The molecule has 0 radical (unpaired) electrons. The van der Waals surface area contributed by atoms with Crippen LogP contribution in [-0.4, -0.2) is 34.3 Å². The Morgan fingerprint density at radius 1 is 0.750 bits per heavy atom. The van der Waals surface area contributed by atoms with Gasteiger partial charge in [0.2, 0.25) is 5.69 Å². The lowest BCUT2D eigenvalue weighted by molar-refractivity contribution is -0.593. The molecule has 2 heterocycles. The zero-order valence-electron chi connectivity index (χ0n) is 22.5. The molecule has 0 N–H and O–H groups in total. The molecule has 3 aromatic carbocycles. The van der Waals surface area contributed by atoms with Crippen LogP contribution in [0.4, 0.5) is 0 Å². The third-order valence-corrected chi connectivity index (χ3v) is 10.5. The molecule has 0 spiro atoms. The number of hydrogen-bond donors (Lipinski definition) is 0. The van der Waals surface area contributed by atoms with Crippen molar-refractivity contribution in [3.8, 4) is 33.5 Å². The minimum Gasteiger partial charge on any atom is -0.618 e. The summed E-state index contributed by atoms with van der Waals surface area (Å²) in [6.45, 7) is 3.38. The molecule has 0 aliphatic heterocycles. The summed E-state index contributed by atoms with van der Waals surface area (Å²) < 4.78 is 48.5. The van der Waals surface area contributed by atoms with Crippen molar-refractivity contribution in [1.82, 2.24) is 4.98 Å². The fourth-order valence-corrected chi connectivity index (χ4v) is 5.77. The molecule has 9 heteroatoms. The van der Waals surface area contributed by atoms with Crippen molar-refractivity contribution >= 4 is 30.6 Å². The second-order valence-electron chi connectivity index (χ2n) is 10.4. The van der Waals surface area contributed by atoms with Crippen molar-refractivity contribution in [2.75, 3.05) is 12.5 Å². The number of fused-ring (bicyclic) bond motifs is 1. The Morgan fingerprint density at radius 3 is 2.08 bits per heavy atom. The van der Waals surface area contributed by atoms with Gasteiger partial charge in [0, 0.05) is 46.9 Å². The molecule has 204 valence electrons. The van der Waals surface area contributed by atoms with E-state index in [2.05, 4.69) is 4.98 Å². The van der Waals surface area contributed by atoms with Gasteiger partial charge in [-0.25, -0.2) is 16.8 Å². The summed E-state index contributed by atoms with van der Waals surface area (Å²) in [7, 11) is -6.72. The summed E-state index contributed by atoms with van der Waals surface area (Å²) in [5.41, 5.74) is 5.45. The Labute approximate surface area is 234 Å². The average Bonchev–Trinajstić information content (AvgIpc) is 2.91. The molecule has 40 heavy (non-hydrogen) atoms. The lowest BCUT2D eigenvalue weighted by Crippen LogP contribution is -2.28. The largest absolute Gasteiger partial charge is 0.618 e. The van der Waals surface area contributed by atoms with Gasteiger partial charge in [0.1, 0.15) is 0 Å². The van der Waals surface area contributed by atoms with Gasteiger partial charge in [-0.05, 0) is 79.1 Å². The molecule has 0 fully saturated rings. The molecule has 0 amide bonds. The topological polar surface area (TPSA) is 108 Å². The van der Waals surface area contributed by atoms with Crippen molar-refractivity contribution in [2.45, 2.75) is 23.5 Å². The normalized spacial score (nSPS) is 12.5. The van der Waals surface area contributed by atoms with Crippen molar-refractivity contribution < 1.29 is 21.6 Å². The Bertz CT molecular complexity index is 1980. The van der Waals surface area contributed by atoms with Crippen LogP contribution in [0.25, 0.3) is 44.4 Å². The molecule has 5 rings (SSSR count). The van der Waals surface area contributed by atoms with Gasteiger partial charge in [-0.2, -0.15) is 4.73 Å². The zero-order valence-corrected chi connectivity index (χ0v) is 24.1. The van der Waals surface area contributed by atoms with Crippen LogP contribution in [0.15, 0.2) is 102 Å². The van der Waals surface area contributed by atoms with Crippen LogP contribution in [0.2, 0.25) is 0 Å². The Morgan fingerprint density at radius 2 is 1.43 bits per heavy atom. The lowest BCUT2D eigenvalue weighted by atomic mass is 9.92. The van der Waals surface area contributed by atoms with E-state index >= 15 is 0 Å². The second kappa shape index (κ2) is 9.83. The maximum absolute atomic E-state index is 13.1. The summed E-state index contributed by atoms with van der Waals surface area (Å²) in [5.74, 6) is 0. The summed E-state index contributed by atoms with van der Waals surface area (Å²) in [4.78, 5) is 4.79. The third kappa shape index (κ3) is 5.10. The number of nitrogens with zero attached hydrogens (tertiary/aromatic N) is 2. The first kappa shape index (κ1) is 27.5. The molecule has 5 aromatic rings. The van der Waals surface area contributed by atoms with E-state index in [1.54, 1.807) is 38.2 Å². The van der Waals surface area contributed by atoms with Crippen molar-refractivity contribution in [1.29, 1.82) is 0 Å². The first-order chi connectivity index (χ1) is 18.8. The van der Waals surface area contributed by atoms with Crippen LogP contribution >= 0.6 is 0 Å². The monoisotopic (exact) mass is 572 g/mol. The van der Waals surface area contributed by atoms with Crippen LogP contribution < -0.4 is 4.73 Å². The van der Waals surface area contributed by atoms with Crippen molar-refractivity contribution in [3.63, 3.8) is 0 Å². The van der Waals surface area contributed by atoms with Gasteiger partial charge in [-0.3, -0.25) is 4.98 Å². The molecule has 0 saturated heterocycles. The van der Waals surface area contributed by atoms with Crippen LogP contribution in [0.5, 0.6) is 0 Å². The number of pyridine rings is 2. The number of hydrogen-bond acceptors (Lipinski definition) is 6. The van der Waals surface area contributed by atoms with E-state index in [9.17, 15) is 22.0 Å². The predicted molar refractivity (Wildman–Crippen MR) is 158 cm³/mol. The van der Waals surface area contributed by atoms with Gasteiger partial charge in [0.05, 0.1) is 15.2 Å². The Kier molecular flexibility index (Phi) is 6.76. The summed E-state index contributed by atoms with van der Waals surface area (Å²) >= 11 is 0. The highest BCUT2D eigenvalue weighted by molar-refractivity contribution is 7.91. The lowest BCUT2D eigenvalue weighted by Gasteiger charge is -2.24. The number of sulfone groups is 2. The summed E-state index contributed by atoms with van der Waals surface area (Å²) in [6, 6.07) is 24.9. The molecule has 7 nitrogen and oxygen atoms in total. The third-order valence-electron chi connectivity index (χ3n) is 7.33. The highest BCUT2D eigenvalue weighted by Crippen LogP contribution is 2.37. The minimum absolute atomic E-state index is 0.214. The van der Waals surface area contributed by atoms with E-state index in [0.717, 1.165) is 38.6 Å². The molecule has 0 atom stereocenters. The fourth-order valence-electron chi connectivity index (χ4n) is 4.59. The number of benzene rings is 3. The molecule has 0 aliphatic rings. The average molecular weight is 573 g/mol. The van der Waals surface area contributed by atoms with Crippen LogP contribution in [0.1, 0.15) is 19.4 Å². The van der Waals surface area contributed by atoms with Gasteiger partial charge in [0.25, 0.3) is 0 Å². The fraction of sp³-hybridized carbons (Fsp3) is 0.161. The Balaban J connectivity index is 1.58. The van der Waals surface area contributed by atoms with Gasteiger partial charge < -0.3 is 5.21 Å². The van der Waals surface area contributed by atoms with Crippen LogP contribution in [0.3, 0.4) is 0 Å². The van der Waals surface area contributed by atoms with E-state index in [1.807, 2.05) is 54.6 Å². The highest BCUT2D eigenvalue weighted by atomic mass is 32.2. The molecule has 0 saturated carbocycles. The molecular formula is C31H28N2O5S2. The maximum atomic E-state index is 13.1. The zero-order chi connectivity index (χ0) is 28.9. The van der Waals surface area contributed by atoms with Gasteiger partial charge in [-0.1, -0.05) is 30.3 Å². The smallest absolute Gasteiger partial charge is 0.223 e. The van der Waals surface area contributed by atoms with Gasteiger partial charge in [0.15, 0.2) is 25.9 Å². The van der Waals surface area contributed by atoms with Gasteiger partial charge >= 0.3 is 0 Å². The first-order valence-electron chi connectivity index (χ1n) is 12.5. The molecule has 0 unspecified atom stereocenters. The quantitative estimate of drug-likeness (QED) is 0.195. The van der Waals surface area contributed by atoms with E-state index in [4.69, 9.17) is 0 Å². The van der Waals surface area contributed by atoms with E-state index in [0.29, 0.717) is 22.4 Å². The van der Waals surface area contributed by atoms with E-state index in [1.165, 1.54) is 24.6 Å². The summed E-state index contributed by atoms with van der Waals surface area (Å²) in [5, 5.41) is 14.0. The van der Waals surface area contributed by atoms with Gasteiger partial charge in [-0.15, -0.1) is 0 Å². The number of aromatic nitrogens is 2. The predicted octanol–water partition coefficient (Wildman–Crippen LogP) is 5.55. The second-order valence-corrected chi connectivity index (χ2v) is 15.0. The van der Waals surface area contributed by atoms with E-state index in [-0.39, 0.29) is 4.90 Å². The molecular weight excluding hydrogens is 544 g/mol. The van der Waals surface area contributed by atoms with Crippen LogP contribution in [0, 0.1) is 5.21 Å². The van der Waals surface area contributed by atoms with Crippen molar-refractivity contribution in [3.05, 3.63) is 108 Å². The standard InChI is InChI=1S/C31H28N2O5S2/c1-31(2,40(4,37)38)26-18-24-9-6-16-32-30(24)28(19-26)22-7-5-8-23(17-22)29-15-12-25(20-33(29)34)21-10-13-27(14-11-21)39(3,35)36/h5-20H,1-4H3. The molecule has 2 aromatic heterocycles. The highest BCUT2D eigenvalue weighted by Gasteiger charge is 2.33. The maximum Gasteiger partial charge on any atom is 0.223 e. The minimum atomic E-state index is -3.41. The summed E-state index contributed by atoms with van der Waals surface area (Å²) in [6.07, 6.45) is 5.54. The molecule has 0 bridgehead atoms. The SMILES string of the molecule is CC(C)(c1cc(-c2cccc(-c3ccc(-c4ccc(S(C)(=O)=O)cc4)c[n+]3[O-])c2)c2ncccc2c1)S(C)(=O)=O. The molecule has 0 aliphatic carbocycles. The first-order valence-corrected chi connectivity index (χ1v) is 16.3. The van der Waals surface area contributed by atoms with E-state index < -0.39 is 24.4 Å². The Hall–Kier alpha value is -4.08. The number of rotatable bonds is 6. The van der Waals surface area contributed by atoms with Crippen LogP contribution in [-0.2, 0) is 24.4 Å².